The maximum absolute atomic E-state index is 13.6. The molecule has 2 aromatic heterocycles. The second-order valence-electron chi connectivity index (χ2n) is 7.40. The Hall–Kier alpha value is -2.63. The van der Waals surface area contributed by atoms with Crippen LogP contribution in [0.2, 0.25) is 10.0 Å². The van der Waals surface area contributed by atoms with E-state index in [-0.39, 0.29) is 11.4 Å². The van der Waals surface area contributed by atoms with Gasteiger partial charge in [0.05, 0.1) is 21.4 Å². The van der Waals surface area contributed by atoms with E-state index >= 15 is 0 Å². The highest BCUT2D eigenvalue weighted by Crippen LogP contribution is 2.46. The fourth-order valence-corrected chi connectivity index (χ4v) is 4.05. The number of rotatable bonds is 3. The normalized spacial score (nSPS) is 13.9. The monoisotopic (exact) mass is 427 g/mol. The first-order valence-corrected chi connectivity index (χ1v) is 10.1. The van der Waals surface area contributed by atoms with Crippen molar-refractivity contribution in [1.29, 1.82) is 0 Å². The van der Waals surface area contributed by atoms with Crippen LogP contribution in [0.5, 0.6) is 0 Å². The molecule has 7 heteroatoms. The van der Waals surface area contributed by atoms with Gasteiger partial charge in [-0.05, 0) is 61.2 Å². The van der Waals surface area contributed by atoms with E-state index < -0.39 is 0 Å². The van der Waals surface area contributed by atoms with E-state index in [0.717, 1.165) is 40.8 Å². The number of nitrogens with zero attached hydrogens (tertiary/aromatic N) is 2. The first-order chi connectivity index (χ1) is 13.9. The van der Waals surface area contributed by atoms with Gasteiger partial charge in [-0.2, -0.15) is 5.10 Å². The molecule has 0 bridgehead atoms. The average Bonchev–Trinajstić information content (AvgIpc) is 3.44. The number of aromatic amines is 1. The predicted molar refractivity (Wildman–Crippen MR) is 113 cm³/mol. The standard InChI is InChI=1S/C22H16Cl2FN3O/c1-11-8-14(25)5-6-15(11)18-10-19(29)26-22-20(13-4-7-16(23)17(24)9-13)21(12-2-3-12)27-28(18)22/h4-10,12H,2-3H2,1H3,(H,26,29). The summed E-state index contributed by atoms with van der Waals surface area (Å²) < 4.78 is 15.4. The Morgan fingerprint density at radius 2 is 1.90 bits per heavy atom. The SMILES string of the molecule is Cc1cc(F)ccc1-c1cc(=O)[nH]c2c(-c3ccc(Cl)c(Cl)c3)c(C3CC3)nn12. The van der Waals surface area contributed by atoms with Crippen LogP contribution < -0.4 is 5.56 Å². The van der Waals surface area contributed by atoms with Crippen molar-refractivity contribution in [3.05, 3.63) is 79.9 Å². The lowest BCUT2D eigenvalue weighted by Gasteiger charge is -2.09. The van der Waals surface area contributed by atoms with Gasteiger partial charge in [0, 0.05) is 23.1 Å². The molecule has 1 fully saturated rings. The lowest BCUT2D eigenvalue weighted by atomic mass is 10.0. The Morgan fingerprint density at radius 1 is 1.10 bits per heavy atom. The lowest BCUT2D eigenvalue weighted by Crippen LogP contribution is -2.10. The van der Waals surface area contributed by atoms with Gasteiger partial charge < -0.3 is 4.98 Å². The number of nitrogens with one attached hydrogen (secondary N) is 1. The number of hydrogen-bond donors (Lipinski definition) is 1. The summed E-state index contributed by atoms with van der Waals surface area (Å²) in [7, 11) is 0. The molecule has 4 nitrogen and oxygen atoms in total. The minimum Gasteiger partial charge on any atom is -0.306 e. The summed E-state index contributed by atoms with van der Waals surface area (Å²) in [6.07, 6.45) is 2.10. The Balaban J connectivity index is 1.84. The van der Waals surface area contributed by atoms with Crippen molar-refractivity contribution in [2.45, 2.75) is 25.7 Å². The highest BCUT2D eigenvalue weighted by atomic mass is 35.5. The van der Waals surface area contributed by atoms with Crippen molar-refractivity contribution < 1.29 is 4.39 Å². The summed E-state index contributed by atoms with van der Waals surface area (Å²) in [6.45, 7) is 1.82. The van der Waals surface area contributed by atoms with Gasteiger partial charge in [0.2, 0.25) is 0 Å². The Kier molecular flexibility index (Phi) is 4.26. The quantitative estimate of drug-likeness (QED) is 0.436. The van der Waals surface area contributed by atoms with Crippen LogP contribution in [-0.4, -0.2) is 14.6 Å². The average molecular weight is 428 g/mol. The summed E-state index contributed by atoms with van der Waals surface area (Å²) in [6, 6.07) is 11.4. The van der Waals surface area contributed by atoms with Crippen molar-refractivity contribution in [1.82, 2.24) is 14.6 Å². The largest absolute Gasteiger partial charge is 0.306 e. The van der Waals surface area contributed by atoms with E-state index in [4.69, 9.17) is 28.3 Å². The molecule has 1 saturated carbocycles. The van der Waals surface area contributed by atoms with Gasteiger partial charge in [-0.1, -0.05) is 29.3 Å². The number of aromatic nitrogens is 3. The van der Waals surface area contributed by atoms with Gasteiger partial charge in [-0.25, -0.2) is 8.91 Å². The van der Waals surface area contributed by atoms with Gasteiger partial charge in [-0.15, -0.1) is 0 Å². The van der Waals surface area contributed by atoms with E-state index in [1.807, 2.05) is 13.0 Å². The van der Waals surface area contributed by atoms with E-state index in [9.17, 15) is 9.18 Å². The van der Waals surface area contributed by atoms with Gasteiger partial charge in [0.1, 0.15) is 11.5 Å². The molecule has 0 atom stereocenters. The van der Waals surface area contributed by atoms with Crippen LogP contribution in [-0.2, 0) is 0 Å². The number of aryl methyl sites for hydroxylation is 1. The summed E-state index contributed by atoms with van der Waals surface area (Å²) in [5.41, 5.74) is 5.08. The molecule has 0 radical (unpaired) electrons. The van der Waals surface area contributed by atoms with E-state index in [0.29, 0.717) is 27.3 Å². The second kappa shape index (κ2) is 6.71. The molecule has 0 saturated heterocycles. The molecule has 4 aromatic rings. The third kappa shape index (κ3) is 3.15. The first kappa shape index (κ1) is 18.4. The van der Waals surface area contributed by atoms with Crippen LogP contribution in [0.25, 0.3) is 28.0 Å². The molecule has 29 heavy (non-hydrogen) atoms. The lowest BCUT2D eigenvalue weighted by molar-refractivity contribution is 0.627. The Labute approximate surface area is 175 Å². The molecule has 1 aliphatic rings. The number of fused-ring (bicyclic) bond motifs is 1. The van der Waals surface area contributed by atoms with Gasteiger partial charge in [0.25, 0.3) is 5.56 Å². The summed E-state index contributed by atoms with van der Waals surface area (Å²) >= 11 is 12.4. The van der Waals surface area contributed by atoms with E-state index in [1.165, 1.54) is 18.2 Å². The molecule has 1 N–H and O–H groups in total. The molecule has 5 rings (SSSR count). The maximum Gasteiger partial charge on any atom is 0.251 e. The van der Waals surface area contributed by atoms with Crippen LogP contribution in [0.3, 0.4) is 0 Å². The van der Waals surface area contributed by atoms with E-state index in [2.05, 4.69) is 4.98 Å². The molecule has 0 unspecified atom stereocenters. The summed E-state index contributed by atoms with van der Waals surface area (Å²) in [4.78, 5) is 15.5. The van der Waals surface area contributed by atoms with Crippen LogP contribution >= 0.6 is 23.2 Å². The topological polar surface area (TPSA) is 50.2 Å². The zero-order chi connectivity index (χ0) is 20.3. The fourth-order valence-electron chi connectivity index (χ4n) is 3.75. The van der Waals surface area contributed by atoms with Crippen molar-refractivity contribution in [2.75, 3.05) is 0 Å². The molecule has 2 heterocycles. The van der Waals surface area contributed by atoms with Crippen molar-refractivity contribution >= 4 is 28.8 Å². The van der Waals surface area contributed by atoms with Crippen LogP contribution in [0.15, 0.2) is 47.3 Å². The number of benzene rings is 2. The van der Waals surface area contributed by atoms with Crippen LogP contribution in [0.1, 0.15) is 30.0 Å². The Bertz CT molecular complexity index is 1340. The Morgan fingerprint density at radius 3 is 2.59 bits per heavy atom. The highest BCUT2D eigenvalue weighted by Gasteiger charge is 2.32. The maximum atomic E-state index is 13.6. The molecule has 2 aromatic carbocycles. The van der Waals surface area contributed by atoms with Crippen molar-refractivity contribution in [3.63, 3.8) is 0 Å². The smallest absolute Gasteiger partial charge is 0.251 e. The number of hydrogen-bond acceptors (Lipinski definition) is 2. The van der Waals surface area contributed by atoms with Crippen molar-refractivity contribution in [2.24, 2.45) is 0 Å². The summed E-state index contributed by atoms with van der Waals surface area (Å²) in [5, 5.41) is 5.77. The minimum atomic E-state index is -0.317. The predicted octanol–water partition coefficient (Wildman–Crippen LogP) is 5.99. The molecule has 0 aliphatic heterocycles. The molecular weight excluding hydrogens is 412 g/mol. The zero-order valence-corrected chi connectivity index (χ0v) is 17.0. The molecule has 0 spiro atoms. The summed E-state index contributed by atoms with van der Waals surface area (Å²) in [5.74, 6) is 0.0213. The van der Waals surface area contributed by atoms with E-state index in [1.54, 1.807) is 22.7 Å². The molecule has 0 amide bonds. The van der Waals surface area contributed by atoms with Crippen molar-refractivity contribution in [3.8, 4) is 22.4 Å². The van der Waals surface area contributed by atoms with Gasteiger partial charge >= 0.3 is 0 Å². The second-order valence-corrected chi connectivity index (χ2v) is 8.22. The van der Waals surface area contributed by atoms with Gasteiger partial charge in [0.15, 0.2) is 0 Å². The minimum absolute atomic E-state index is 0.250. The number of H-pyrrole nitrogens is 1. The van der Waals surface area contributed by atoms with Gasteiger partial charge in [-0.3, -0.25) is 4.79 Å². The molecule has 146 valence electrons. The van der Waals surface area contributed by atoms with Crippen LogP contribution in [0, 0.1) is 12.7 Å². The molecular formula is C22H16Cl2FN3O. The third-order valence-electron chi connectivity index (χ3n) is 5.29. The first-order valence-electron chi connectivity index (χ1n) is 9.30. The van der Waals surface area contributed by atoms with Crippen LogP contribution in [0.4, 0.5) is 4.39 Å². The zero-order valence-electron chi connectivity index (χ0n) is 15.5. The fraction of sp³-hybridized carbons (Fsp3) is 0.182. The third-order valence-corrected chi connectivity index (χ3v) is 6.03. The number of halogens is 3. The highest BCUT2D eigenvalue weighted by molar-refractivity contribution is 6.42. The molecule has 1 aliphatic carbocycles.